The Bertz CT molecular complexity index is 882. The molecule has 1 aromatic carbocycles. The van der Waals surface area contributed by atoms with Gasteiger partial charge in [-0.1, -0.05) is 44.0 Å². The molecule has 0 saturated carbocycles. The van der Waals surface area contributed by atoms with E-state index in [1.54, 1.807) is 12.1 Å². The van der Waals surface area contributed by atoms with Crippen LogP contribution in [0.1, 0.15) is 34.1 Å². The number of esters is 4. The summed E-state index contributed by atoms with van der Waals surface area (Å²) in [6, 6.07) is 5.90. The van der Waals surface area contributed by atoms with Crippen LogP contribution < -0.4 is 0 Å². The standard InChI is InChI=1S/C11H10O4.C5H8O2.2C4H6O2.C2H2/c1-2-7-15-11(14)9-6-4-3-5-8(9)10(12)13;1-3-4-5(6)7-2;1-3-4(5)6-2;1-3-6-4(2)5;1-2/h2-6H,1,7H2,(H,12,13);3H,1,4H2,2H3;2*3H,1H2,2H3;1-2H. The van der Waals surface area contributed by atoms with Crippen LogP contribution in [-0.4, -0.2) is 55.8 Å². The van der Waals surface area contributed by atoms with E-state index in [-0.39, 0.29) is 29.7 Å². The highest BCUT2D eigenvalue weighted by Gasteiger charge is 2.16. The smallest absolute Gasteiger partial charge is 0.339 e. The first-order chi connectivity index (χ1) is 17.1. The lowest BCUT2D eigenvalue weighted by Gasteiger charge is -2.04. The lowest BCUT2D eigenvalue weighted by molar-refractivity contribution is -0.139. The molecule has 10 nitrogen and oxygen atoms in total. The first-order valence-electron chi connectivity index (χ1n) is 9.65. The zero-order chi connectivity index (χ0) is 28.9. The van der Waals surface area contributed by atoms with Gasteiger partial charge in [0.05, 0.1) is 38.0 Å². The molecule has 196 valence electrons. The van der Waals surface area contributed by atoms with E-state index in [1.807, 2.05) is 0 Å². The van der Waals surface area contributed by atoms with Crippen LogP contribution in [0.25, 0.3) is 0 Å². The molecule has 0 aliphatic carbocycles. The number of carboxylic acids is 1. The lowest BCUT2D eigenvalue weighted by Crippen LogP contribution is -2.11. The van der Waals surface area contributed by atoms with E-state index in [0.717, 1.165) is 12.3 Å². The molecule has 0 amide bonds. The van der Waals surface area contributed by atoms with Crippen LogP contribution in [0.3, 0.4) is 0 Å². The molecule has 0 heterocycles. The Balaban J connectivity index is -0.000000205. The molecule has 0 aliphatic heterocycles. The number of aromatic carboxylic acids is 1. The van der Waals surface area contributed by atoms with E-state index in [9.17, 15) is 24.0 Å². The van der Waals surface area contributed by atoms with Crippen LogP contribution in [0.15, 0.2) is 75.1 Å². The Morgan fingerprint density at radius 2 is 1.44 bits per heavy atom. The molecule has 1 rings (SSSR count). The number of carboxylic acid groups (broad SMARTS) is 1. The van der Waals surface area contributed by atoms with Gasteiger partial charge in [-0.15, -0.1) is 19.4 Å². The normalized spacial score (nSPS) is 7.69. The fraction of sp³-hybridized carbons (Fsp3) is 0.192. The van der Waals surface area contributed by atoms with Gasteiger partial charge in [-0.05, 0) is 12.1 Å². The monoisotopic (exact) mass is 504 g/mol. The fourth-order valence-electron chi connectivity index (χ4n) is 1.46. The number of carbonyl (C=O) groups excluding carboxylic acids is 4. The third kappa shape index (κ3) is 25.4. The number of hydrogen-bond donors (Lipinski definition) is 1. The van der Waals surface area contributed by atoms with Crippen molar-refractivity contribution in [3.05, 3.63) is 86.2 Å². The molecule has 0 aliphatic rings. The Morgan fingerprint density at radius 1 is 0.917 bits per heavy atom. The minimum Gasteiger partial charge on any atom is -0.478 e. The predicted molar refractivity (Wildman–Crippen MR) is 135 cm³/mol. The Morgan fingerprint density at radius 3 is 1.69 bits per heavy atom. The number of terminal acetylenes is 1. The molecule has 0 bridgehead atoms. The van der Waals surface area contributed by atoms with Gasteiger partial charge in [-0.2, -0.15) is 0 Å². The minimum absolute atomic E-state index is 0.0480. The summed E-state index contributed by atoms with van der Waals surface area (Å²) in [5, 5.41) is 8.81. The SMILES string of the molecule is C#C.C=CC(=O)OC.C=CCC(=O)OC.C=CCOC(=O)c1ccccc1C(=O)O.C=COC(C)=O. The Kier molecular flexibility index (Phi) is 30.0. The fourth-order valence-corrected chi connectivity index (χ4v) is 1.46. The summed E-state index contributed by atoms with van der Waals surface area (Å²) in [5.41, 5.74) is -0.0154. The second-order valence-corrected chi connectivity index (χ2v) is 5.31. The highest BCUT2D eigenvalue weighted by Crippen LogP contribution is 2.10. The second kappa shape index (κ2) is 28.1. The first-order valence-corrected chi connectivity index (χ1v) is 9.65. The summed E-state index contributed by atoms with van der Waals surface area (Å²) >= 11 is 0. The number of benzene rings is 1. The van der Waals surface area contributed by atoms with Crippen molar-refractivity contribution in [1.82, 2.24) is 0 Å². The summed E-state index contributed by atoms with van der Waals surface area (Å²) in [4.78, 5) is 51.9. The summed E-state index contributed by atoms with van der Waals surface area (Å²) in [5.74, 6) is -2.77. The average Bonchev–Trinajstić information content (AvgIpc) is 2.89. The van der Waals surface area contributed by atoms with Gasteiger partial charge < -0.3 is 24.1 Å². The molecule has 0 saturated heterocycles. The van der Waals surface area contributed by atoms with Gasteiger partial charge in [-0.25, -0.2) is 14.4 Å². The van der Waals surface area contributed by atoms with Crippen molar-refractivity contribution in [3.8, 4) is 12.8 Å². The van der Waals surface area contributed by atoms with E-state index < -0.39 is 17.9 Å². The number of ether oxygens (including phenoxy) is 4. The van der Waals surface area contributed by atoms with Crippen LogP contribution in [0, 0.1) is 12.8 Å². The molecule has 0 radical (unpaired) electrons. The van der Waals surface area contributed by atoms with E-state index in [0.29, 0.717) is 6.42 Å². The molecular weight excluding hydrogens is 472 g/mol. The molecule has 0 aromatic heterocycles. The maximum atomic E-state index is 11.4. The zero-order valence-electron chi connectivity index (χ0n) is 20.6. The molecule has 0 spiro atoms. The molecule has 1 N–H and O–H groups in total. The summed E-state index contributed by atoms with van der Waals surface area (Å²) in [7, 11) is 2.66. The van der Waals surface area contributed by atoms with E-state index >= 15 is 0 Å². The molecular formula is C26H32O10. The molecule has 1 aromatic rings. The number of hydrogen-bond acceptors (Lipinski definition) is 9. The van der Waals surface area contributed by atoms with Crippen molar-refractivity contribution >= 4 is 29.8 Å². The maximum Gasteiger partial charge on any atom is 0.339 e. The quantitative estimate of drug-likeness (QED) is 0.139. The molecule has 36 heavy (non-hydrogen) atoms. The highest BCUT2D eigenvalue weighted by atomic mass is 16.5. The van der Waals surface area contributed by atoms with Gasteiger partial charge in [-0.3, -0.25) is 9.59 Å². The van der Waals surface area contributed by atoms with Crippen LogP contribution in [0.2, 0.25) is 0 Å². The molecule has 0 fully saturated rings. The van der Waals surface area contributed by atoms with Crippen molar-refractivity contribution in [2.24, 2.45) is 0 Å². The van der Waals surface area contributed by atoms with Crippen molar-refractivity contribution in [3.63, 3.8) is 0 Å². The van der Waals surface area contributed by atoms with Crippen LogP contribution in [0.4, 0.5) is 0 Å². The van der Waals surface area contributed by atoms with Crippen molar-refractivity contribution < 1.29 is 48.0 Å². The average molecular weight is 505 g/mol. The van der Waals surface area contributed by atoms with E-state index in [1.165, 1.54) is 45.4 Å². The topological polar surface area (TPSA) is 142 Å². The lowest BCUT2D eigenvalue weighted by atomic mass is 10.1. The maximum absolute atomic E-state index is 11.4. The number of carbonyl (C=O) groups is 5. The molecule has 10 heteroatoms. The van der Waals surface area contributed by atoms with Crippen molar-refractivity contribution in [2.75, 3.05) is 20.8 Å². The third-order valence-electron chi connectivity index (χ3n) is 2.87. The summed E-state index contributed by atoms with van der Waals surface area (Å²) in [6.45, 7) is 14.4. The van der Waals surface area contributed by atoms with Crippen LogP contribution in [-0.2, 0) is 33.3 Å². The van der Waals surface area contributed by atoms with Crippen molar-refractivity contribution in [1.29, 1.82) is 0 Å². The van der Waals surface area contributed by atoms with Gasteiger partial charge in [0.15, 0.2) is 0 Å². The Labute approximate surface area is 211 Å². The first kappa shape index (κ1) is 38.4. The minimum atomic E-state index is -1.15. The van der Waals surface area contributed by atoms with E-state index in [2.05, 4.69) is 53.4 Å². The molecule has 0 unspecified atom stereocenters. The highest BCUT2D eigenvalue weighted by molar-refractivity contribution is 6.02. The van der Waals surface area contributed by atoms with Gasteiger partial charge in [0.25, 0.3) is 0 Å². The number of rotatable bonds is 8. The predicted octanol–water partition coefficient (Wildman–Crippen LogP) is 3.75. The summed E-state index contributed by atoms with van der Waals surface area (Å²) < 4.78 is 17.3. The second-order valence-electron chi connectivity index (χ2n) is 5.31. The number of methoxy groups -OCH3 is 2. The van der Waals surface area contributed by atoms with E-state index in [4.69, 9.17) is 9.84 Å². The zero-order valence-corrected chi connectivity index (χ0v) is 20.6. The largest absolute Gasteiger partial charge is 0.478 e. The van der Waals surface area contributed by atoms with Gasteiger partial charge >= 0.3 is 29.8 Å². The summed E-state index contributed by atoms with van der Waals surface area (Å²) in [6.07, 6.45) is 13.4. The van der Waals surface area contributed by atoms with Crippen LogP contribution in [0.5, 0.6) is 0 Å². The van der Waals surface area contributed by atoms with Gasteiger partial charge in [0.2, 0.25) is 0 Å². The molecule has 0 atom stereocenters. The van der Waals surface area contributed by atoms with Crippen molar-refractivity contribution in [2.45, 2.75) is 13.3 Å². The third-order valence-corrected chi connectivity index (χ3v) is 2.87. The van der Waals surface area contributed by atoms with Gasteiger partial charge in [0, 0.05) is 13.0 Å². The van der Waals surface area contributed by atoms with Gasteiger partial charge in [0.1, 0.15) is 6.61 Å². The Hall–Kier alpha value is -4.91. The van der Waals surface area contributed by atoms with Crippen LogP contribution >= 0.6 is 0 Å².